The highest BCUT2D eigenvalue weighted by atomic mass is 35.5. The van der Waals surface area contributed by atoms with Gasteiger partial charge in [0.05, 0.1) is 13.2 Å². The fraction of sp³-hybridized carbons (Fsp3) is 0.857. The maximum absolute atomic E-state index is 12.4. The van der Waals surface area contributed by atoms with E-state index in [1.807, 2.05) is 11.8 Å². The average Bonchev–Trinajstić information content (AvgIpc) is 2.48. The predicted octanol–water partition coefficient (Wildman–Crippen LogP) is 0.304. The first-order valence-electron chi connectivity index (χ1n) is 7.60. The second-order valence-corrected chi connectivity index (χ2v) is 5.52. The van der Waals surface area contributed by atoms with Gasteiger partial charge >= 0.3 is 0 Å². The number of nitrogens with zero attached hydrogens (tertiary/aromatic N) is 1. The highest BCUT2D eigenvalue weighted by Gasteiger charge is 2.30. The van der Waals surface area contributed by atoms with Crippen molar-refractivity contribution in [3.63, 3.8) is 0 Å². The number of morpholine rings is 1. The van der Waals surface area contributed by atoms with Crippen molar-refractivity contribution in [1.82, 2.24) is 15.5 Å². The first-order valence-corrected chi connectivity index (χ1v) is 7.60. The Labute approximate surface area is 132 Å². The van der Waals surface area contributed by atoms with E-state index in [1.54, 1.807) is 0 Å². The molecule has 2 atom stereocenters. The van der Waals surface area contributed by atoms with Gasteiger partial charge in [-0.05, 0) is 19.3 Å². The molecule has 7 heteroatoms. The van der Waals surface area contributed by atoms with Crippen molar-refractivity contribution in [3.8, 4) is 0 Å². The summed E-state index contributed by atoms with van der Waals surface area (Å²) in [7, 11) is 0. The smallest absolute Gasteiger partial charge is 0.242 e. The third-order valence-corrected chi connectivity index (χ3v) is 3.79. The van der Waals surface area contributed by atoms with Crippen LogP contribution in [0.25, 0.3) is 0 Å². The molecule has 0 saturated carbocycles. The van der Waals surface area contributed by atoms with Crippen molar-refractivity contribution in [2.75, 3.05) is 32.8 Å². The number of piperidine rings is 1. The van der Waals surface area contributed by atoms with Crippen LogP contribution in [-0.4, -0.2) is 61.6 Å². The number of carbonyl (C=O) groups is 2. The number of ether oxygens (including phenoxy) is 1. The van der Waals surface area contributed by atoms with Crippen LogP contribution >= 0.6 is 12.4 Å². The van der Waals surface area contributed by atoms with Crippen LogP contribution in [0.4, 0.5) is 0 Å². The van der Waals surface area contributed by atoms with Crippen molar-refractivity contribution in [1.29, 1.82) is 0 Å². The van der Waals surface area contributed by atoms with Crippen LogP contribution in [0.5, 0.6) is 0 Å². The van der Waals surface area contributed by atoms with Gasteiger partial charge in [-0.3, -0.25) is 9.59 Å². The van der Waals surface area contributed by atoms with Gasteiger partial charge in [-0.15, -0.1) is 12.4 Å². The van der Waals surface area contributed by atoms with Gasteiger partial charge in [-0.25, -0.2) is 0 Å². The molecule has 0 aromatic rings. The summed E-state index contributed by atoms with van der Waals surface area (Å²) in [4.78, 5) is 25.9. The molecule has 0 aliphatic carbocycles. The summed E-state index contributed by atoms with van der Waals surface area (Å²) in [5.41, 5.74) is 0. The monoisotopic (exact) mass is 319 g/mol. The molecule has 21 heavy (non-hydrogen) atoms. The van der Waals surface area contributed by atoms with Crippen LogP contribution in [0.3, 0.4) is 0 Å². The zero-order valence-electron chi connectivity index (χ0n) is 12.6. The van der Waals surface area contributed by atoms with E-state index in [1.165, 1.54) is 0 Å². The van der Waals surface area contributed by atoms with Crippen molar-refractivity contribution >= 4 is 24.2 Å². The van der Waals surface area contributed by atoms with Crippen molar-refractivity contribution in [2.45, 2.75) is 44.7 Å². The van der Waals surface area contributed by atoms with Crippen LogP contribution < -0.4 is 10.6 Å². The molecular formula is C14H26ClN3O3. The molecule has 2 saturated heterocycles. The van der Waals surface area contributed by atoms with E-state index in [9.17, 15) is 9.59 Å². The lowest BCUT2D eigenvalue weighted by molar-refractivity contribution is -0.138. The van der Waals surface area contributed by atoms with E-state index in [0.717, 1.165) is 32.4 Å². The minimum Gasteiger partial charge on any atom is -0.378 e. The van der Waals surface area contributed by atoms with E-state index in [2.05, 4.69) is 10.6 Å². The van der Waals surface area contributed by atoms with Crippen molar-refractivity contribution in [2.24, 2.45) is 0 Å². The number of hydrogen-bond acceptors (Lipinski definition) is 4. The van der Waals surface area contributed by atoms with Gasteiger partial charge in [0.2, 0.25) is 11.8 Å². The Hall–Kier alpha value is -0.850. The molecule has 6 nitrogen and oxygen atoms in total. The Kier molecular flexibility index (Phi) is 8.00. The van der Waals surface area contributed by atoms with Crippen LogP contribution in [0.1, 0.15) is 32.6 Å². The molecule has 2 N–H and O–H groups in total. The molecule has 2 unspecified atom stereocenters. The summed E-state index contributed by atoms with van der Waals surface area (Å²) >= 11 is 0. The Bertz CT molecular complexity index is 348. The Morgan fingerprint density at radius 2 is 2.24 bits per heavy atom. The lowest BCUT2D eigenvalue weighted by Crippen LogP contribution is -2.57. The third kappa shape index (κ3) is 5.45. The Balaban J connectivity index is 0.00000220. The highest BCUT2D eigenvalue weighted by Crippen LogP contribution is 2.12. The van der Waals surface area contributed by atoms with Crippen LogP contribution in [0.2, 0.25) is 0 Å². The molecule has 2 rings (SSSR count). The van der Waals surface area contributed by atoms with Gasteiger partial charge < -0.3 is 20.3 Å². The fourth-order valence-electron chi connectivity index (χ4n) is 2.77. The normalized spacial score (nSPS) is 25.9. The number of hydrogen-bond donors (Lipinski definition) is 2. The summed E-state index contributed by atoms with van der Waals surface area (Å²) in [6, 6.07) is -0.134. The van der Waals surface area contributed by atoms with Gasteiger partial charge in [-0.1, -0.05) is 6.92 Å². The largest absolute Gasteiger partial charge is 0.378 e. The summed E-state index contributed by atoms with van der Waals surface area (Å²) in [5.74, 6) is 0.185. The lowest BCUT2D eigenvalue weighted by atomic mass is 10.0. The molecule has 0 spiro atoms. The average molecular weight is 320 g/mol. The van der Waals surface area contributed by atoms with Gasteiger partial charge in [0.15, 0.2) is 0 Å². The number of halogens is 1. The van der Waals surface area contributed by atoms with Gasteiger partial charge in [-0.2, -0.15) is 0 Å². The standard InChI is InChI=1S/C14H25N3O3.ClH/c1-2-4-13(18)16-11-5-3-7-17(9-11)14(19)12-10-20-8-6-15-12;/h11-12,15H,2-10H2,1H3,(H,16,18);1H. The van der Waals surface area contributed by atoms with E-state index >= 15 is 0 Å². The molecule has 2 fully saturated rings. The van der Waals surface area contributed by atoms with Crippen LogP contribution in [0.15, 0.2) is 0 Å². The van der Waals surface area contributed by atoms with Crippen LogP contribution in [0, 0.1) is 0 Å². The summed E-state index contributed by atoms with van der Waals surface area (Å²) in [5, 5.41) is 6.21. The lowest BCUT2D eigenvalue weighted by Gasteiger charge is -2.36. The zero-order valence-corrected chi connectivity index (χ0v) is 13.4. The van der Waals surface area contributed by atoms with Gasteiger partial charge in [0.25, 0.3) is 0 Å². The van der Waals surface area contributed by atoms with E-state index in [-0.39, 0.29) is 36.3 Å². The second kappa shape index (κ2) is 9.23. The van der Waals surface area contributed by atoms with E-state index < -0.39 is 0 Å². The molecule has 0 radical (unpaired) electrons. The SMILES string of the molecule is CCCC(=O)NC1CCCN(C(=O)C2COCCN2)C1.Cl. The highest BCUT2D eigenvalue weighted by molar-refractivity contribution is 5.85. The molecule has 2 heterocycles. The van der Waals surface area contributed by atoms with E-state index in [0.29, 0.717) is 26.2 Å². The molecule has 2 aliphatic rings. The number of likely N-dealkylation sites (tertiary alicyclic amines) is 1. The topological polar surface area (TPSA) is 70.7 Å². The molecule has 0 aromatic heterocycles. The number of carbonyl (C=O) groups excluding carboxylic acids is 2. The quantitative estimate of drug-likeness (QED) is 0.782. The minimum atomic E-state index is -0.228. The molecule has 0 bridgehead atoms. The zero-order chi connectivity index (χ0) is 14.4. The van der Waals surface area contributed by atoms with Crippen LogP contribution in [-0.2, 0) is 14.3 Å². The summed E-state index contributed by atoms with van der Waals surface area (Å²) in [6.45, 7) is 5.22. The summed E-state index contributed by atoms with van der Waals surface area (Å²) < 4.78 is 5.34. The molecule has 0 aromatic carbocycles. The van der Waals surface area contributed by atoms with Crippen molar-refractivity contribution in [3.05, 3.63) is 0 Å². The fourth-order valence-corrected chi connectivity index (χ4v) is 2.77. The first kappa shape index (κ1) is 18.2. The Morgan fingerprint density at radius 1 is 1.43 bits per heavy atom. The molecule has 2 amide bonds. The molecular weight excluding hydrogens is 294 g/mol. The predicted molar refractivity (Wildman–Crippen MR) is 82.5 cm³/mol. The molecule has 2 aliphatic heterocycles. The third-order valence-electron chi connectivity index (χ3n) is 3.79. The number of rotatable bonds is 4. The number of nitrogens with one attached hydrogen (secondary N) is 2. The Morgan fingerprint density at radius 3 is 2.90 bits per heavy atom. The van der Waals surface area contributed by atoms with Gasteiger partial charge in [0.1, 0.15) is 6.04 Å². The number of amides is 2. The second-order valence-electron chi connectivity index (χ2n) is 5.52. The van der Waals surface area contributed by atoms with E-state index in [4.69, 9.17) is 4.74 Å². The first-order chi connectivity index (χ1) is 9.70. The minimum absolute atomic E-state index is 0. The summed E-state index contributed by atoms with van der Waals surface area (Å²) in [6.07, 6.45) is 3.30. The maximum atomic E-state index is 12.4. The van der Waals surface area contributed by atoms with Crippen molar-refractivity contribution < 1.29 is 14.3 Å². The van der Waals surface area contributed by atoms with Gasteiger partial charge in [0, 0.05) is 32.1 Å². The molecule has 122 valence electrons. The maximum Gasteiger partial charge on any atom is 0.242 e.